The molecule has 0 aliphatic carbocycles. The van der Waals surface area contributed by atoms with Crippen LogP contribution >= 0.6 is 15.9 Å². The summed E-state index contributed by atoms with van der Waals surface area (Å²) in [6.45, 7) is 4.09. The molecular formula is C22H23BrN4O. The summed E-state index contributed by atoms with van der Waals surface area (Å²) >= 11 is 3.42. The molecule has 0 radical (unpaired) electrons. The molecule has 2 aromatic carbocycles. The Kier molecular flexibility index (Phi) is 5.59. The van der Waals surface area contributed by atoms with E-state index in [1.165, 1.54) is 5.69 Å². The molecule has 1 aliphatic heterocycles. The van der Waals surface area contributed by atoms with Crippen LogP contribution in [0.25, 0.3) is 10.9 Å². The number of likely N-dealkylation sites (N-methyl/N-ethyl adjacent to an activating group) is 1. The van der Waals surface area contributed by atoms with Crippen LogP contribution in [0.2, 0.25) is 0 Å². The number of anilines is 2. The summed E-state index contributed by atoms with van der Waals surface area (Å²) in [6.07, 6.45) is 2.21. The molecule has 1 aliphatic rings. The second-order valence-electron chi connectivity index (χ2n) is 7.20. The van der Waals surface area contributed by atoms with E-state index in [-0.39, 0.29) is 5.91 Å². The third kappa shape index (κ3) is 4.34. The van der Waals surface area contributed by atoms with Crippen LogP contribution in [0.5, 0.6) is 0 Å². The number of rotatable bonds is 4. The number of hydrogen-bond acceptors (Lipinski definition) is 4. The molecule has 0 bridgehead atoms. The molecule has 6 heteroatoms. The number of benzene rings is 2. The normalized spacial score (nSPS) is 15.0. The van der Waals surface area contributed by atoms with Crippen LogP contribution in [0.15, 0.2) is 59.2 Å². The van der Waals surface area contributed by atoms with Crippen molar-refractivity contribution in [2.45, 2.75) is 6.42 Å². The van der Waals surface area contributed by atoms with E-state index < -0.39 is 0 Å². The van der Waals surface area contributed by atoms with Gasteiger partial charge in [-0.2, -0.15) is 0 Å². The molecule has 144 valence electrons. The van der Waals surface area contributed by atoms with Crippen LogP contribution in [0, 0.1) is 0 Å². The Balaban J connectivity index is 1.54. The van der Waals surface area contributed by atoms with Crippen molar-refractivity contribution in [1.82, 2.24) is 9.88 Å². The van der Waals surface area contributed by atoms with Crippen molar-refractivity contribution in [1.29, 1.82) is 0 Å². The predicted molar refractivity (Wildman–Crippen MR) is 118 cm³/mol. The van der Waals surface area contributed by atoms with E-state index in [1.54, 1.807) is 0 Å². The zero-order valence-corrected chi connectivity index (χ0v) is 17.4. The van der Waals surface area contributed by atoms with Gasteiger partial charge in [-0.05, 0) is 49.0 Å². The molecule has 1 saturated heterocycles. The summed E-state index contributed by atoms with van der Waals surface area (Å²) in [6, 6.07) is 15.8. The number of amides is 1. The number of pyridine rings is 1. The van der Waals surface area contributed by atoms with Crippen molar-refractivity contribution >= 4 is 44.1 Å². The molecule has 2 heterocycles. The maximum Gasteiger partial charge on any atom is 0.228 e. The van der Waals surface area contributed by atoms with E-state index in [9.17, 15) is 4.79 Å². The third-order valence-corrected chi connectivity index (χ3v) is 5.65. The Morgan fingerprint density at radius 2 is 1.82 bits per heavy atom. The van der Waals surface area contributed by atoms with E-state index in [0.717, 1.165) is 52.8 Å². The molecule has 3 aromatic rings. The smallest absolute Gasteiger partial charge is 0.228 e. The van der Waals surface area contributed by atoms with Crippen molar-refractivity contribution in [3.63, 3.8) is 0 Å². The topological polar surface area (TPSA) is 48.5 Å². The van der Waals surface area contributed by atoms with Crippen LogP contribution in [0.3, 0.4) is 0 Å². The van der Waals surface area contributed by atoms with Gasteiger partial charge >= 0.3 is 0 Å². The highest BCUT2D eigenvalue weighted by atomic mass is 79.9. The summed E-state index contributed by atoms with van der Waals surface area (Å²) in [5, 5.41) is 4.11. The van der Waals surface area contributed by atoms with E-state index in [4.69, 9.17) is 0 Å². The quantitative estimate of drug-likeness (QED) is 0.670. The zero-order valence-electron chi connectivity index (χ0n) is 15.9. The lowest BCUT2D eigenvalue weighted by Crippen LogP contribution is -2.44. The lowest BCUT2D eigenvalue weighted by Gasteiger charge is -2.34. The molecule has 0 spiro atoms. The van der Waals surface area contributed by atoms with Crippen molar-refractivity contribution in [2.75, 3.05) is 43.4 Å². The Bertz CT molecular complexity index is 981. The molecule has 4 rings (SSSR count). The van der Waals surface area contributed by atoms with Crippen LogP contribution in [0.1, 0.15) is 5.56 Å². The number of nitrogens with one attached hydrogen (secondary N) is 1. The van der Waals surface area contributed by atoms with Gasteiger partial charge in [-0.15, -0.1) is 0 Å². The minimum atomic E-state index is -0.0216. The molecule has 0 unspecified atom stereocenters. The summed E-state index contributed by atoms with van der Waals surface area (Å²) in [5.41, 5.74) is 3.92. The van der Waals surface area contributed by atoms with Crippen LogP contribution < -0.4 is 10.2 Å². The Morgan fingerprint density at radius 1 is 1.07 bits per heavy atom. The average Bonchev–Trinajstić information content (AvgIpc) is 2.70. The lowest BCUT2D eigenvalue weighted by atomic mass is 10.1. The molecule has 1 fully saturated rings. The van der Waals surface area contributed by atoms with Gasteiger partial charge in [-0.25, -0.2) is 0 Å². The summed E-state index contributed by atoms with van der Waals surface area (Å²) in [4.78, 5) is 21.7. The van der Waals surface area contributed by atoms with E-state index in [0.29, 0.717) is 6.42 Å². The van der Waals surface area contributed by atoms with Gasteiger partial charge in [0, 0.05) is 53.6 Å². The fourth-order valence-electron chi connectivity index (χ4n) is 3.53. The highest BCUT2D eigenvalue weighted by Gasteiger charge is 2.17. The number of piperazine rings is 1. The second kappa shape index (κ2) is 8.29. The molecule has 1 aromatic heterocycles. The highest BCUT2D eigenvalue weighted by Crippen LogP contribution is 2.28. The predicted octanol–water partition coefficient (Wildman–Crippen LogP) is 3.93. The van der Waals surface area contributed by atoms with Gasteiger partial charge in [0.05, 0.1) is 11.9 Å². The van der Waals surface area contributed by atoms with Crippen LogP contribution in [0.4, 0.5) is 11.4 Å². The fraction of sp³-hybridized carbons (Fsp3) is 0.273. The van der Waals surface area contributed by atoms with Gasteiger partial charge in [0.2, 0.25) is 5.91 Å². The zero-order chi connectivity index (χ0) is 19.5. The molecule has 28 heavy (non-hydrogen) atoms. The molecule has 5 nitrogen and oxygen atoms in total. The summed E-state index contributed by atoms with van der Waals surface area (Å²) in [7, 11) is 2.15. The number of carbonyl (C=O) groups is 1. The van der Waals surface area contributed by atoms with E-state index in [1.807, 2.05) is 48.7 Å². The van der Waals surface area contributed by atoms with E-state index in [2.05, 4.69) is 49.1 Å². The van der Waals surface area contributed by atoms with Gasteiger partial charge in [-0.1, -0.05) is 28.1 Å². The van der Waals surface area contributed by atoms with Gasteiger partial charge in [0.25, 0.3) is 0 Å². The second-order valence-corrected chi connectivity index (χ2v) is 8.12. The number of nitrogens with zero attached hydrogens (tertiary/aromatic N) is 3. The minimum absolute atomic E-state index is 0.0216. The number of fused-ring (bicyclic) bond motifs is 1. The molecule has 0 saturated carbocycles. The van der Waals surface area contributed by atoms with Gasteiger partial charge in [0.15, 0.2) is 0 Å². The average molecular weight is 439 g/mol. The van der Waals surface area contributed by atoms with Crippen molar-refractivity contribution < 1.29 is 4.79 Å². The lowest BCUT2D eigenvalue weighted by molar-refractivity contribution is -0.115. The van der Waals surface area contributed by atoms with Crippen molar-refractivity contribution in [3.8, 4) is 0 Å². The first-order valence-corrected chi connectivity index (χ1v) is 10.2. The third-order valence-electron chi connectivity index (χ3n) is 5.12. The van der Waals surface area contributed by atoms with Gasteiger partial charge < -0.3 is 15.1 Å². The first kappa shape index (κ1) is 18.9. The number of hydrogen-bond donors (Lipinski definition) is 1. The van der Waals surface area contributed by atoms with Gasteiger partial charge in [-0.3, -0.25) is 9.78 Å². The molecular weight excluding hydrogens is 416 g/mol. The summed E-state index contributed by atoms with van der Waals surface area (Å²) in [5.74, 6) is -0.0216. The van der Waals surface area contributed by atoms with Gasteiger partial charge in [0.1, 0.15) is 0 Å². The first-order valence-electron chi connectivity index (χ1n) is 9.45. The highest BCUT2D eigenvalue weighted by molar-refractivity contribution is 9.10. The standard InChI is InChI=1S/C22H23BrN4O/c1-26-10-12-27(13-11-26)21-8-9-24-20-7-6-18(15-19(20)21)25-22(28)14-16-2-4-17(23)5-3-16/h2-9,15H,10-14H2,1H3,(H,25,28). The minimum Gasteiger partial charge on any atom is -0.368 e. The maximum atomic E-state index is 12.5. The Hall–Kier alpha value is -2.44. The van der Waals surface area contributed by atoms with E-state index >= 15 is 0 Å². The first-order chi connectivity index (χ1) is 13.6. The SMILES string of the molecule is CN1CCN(c2ccnc3ccc(NC(=O)Cc4ccc(Br)cc4)cc23)CC1. The number of carbonyl (C=O) groups excluding carboxylic acids is 1. The Labute approximate surface area is 173 Å². The van der Waals surface area contributed by atoms with Crippen LogP contribution in [-0.2, 0) is 11.2 Å². The maximum absolute atomic E-state index is 12.5. The number of halogens is 1. The largest absolute Gasteiger partial charge is 0.368 e. The van der Waals surface area contributed by atoms with Crippen LogP contribution in [-0.4, -0.2) is 49.0 Å². The molecule has 1 amide bonds. The van der Waals surface area contributed by atoms with Crippen molar-refractivity contribution in [2.24, 2.45) is 0 Å². The van der Waals surface area contributed by atoms with Crippen molar-refractivity contribution in [3.05, 3.63) is 64.8 Å². The number of aromatic nitrogens is 1. The molecule has 0 atom stereocenters. The fourth-order valence-corrected chi connectivity index (χ4v) is 3.79. The monoisotopic (exact) mass is 438 g/mol. The summed E-state index contributed by atoms with van der Waals surface area (Å²) < 4.78 is 1.01. The molecule has 1 N–H and O–H groups in total. The Morgan fingerprint density at radius 3 is 2.57 bits per heavy atom.